The van der Waals surface area contributed by atoms with Crippen molar-refractivity contribution in [3.05, 3.63) is 29.3 Å². The minimum absolute atomic E-state index is 0.207. The van der Waals surface area contributed by atoms with E-state index >= 15 is 0 Å². The van der Waals surface area contributed by atoms with E-state index in [2.05, 4.69) is 5.32 Å². The van der Waals surface area contributed by atoms with Crippen molar-refractivity contribution in [3.8, 4) is 0 Å². The molecule has 2 amide bonds. The van der Waals surface area contributed by atoms with Crippen molar-refractivity contribution in [1.29, 1.82) is 0 Å². The predicted octanol–water partition coefficient (Wildman–Crippen LogP) is 2.88. The molecule has 0 saturated carbocycles. The van der Waals surface area contributed by atoms with Gasteiger partial charge in [-0.1, -0.05) is 32.0 Å². The molecule has 0 saturated heterocycles. The van der Waals surface area contributed by atoms with Crippen LogP contribution in [-0.2, 0) is 4.79 Å². The average molecular weight is 278 g/mol. The van der Waals surface area contributed by atoms with E-state index in [1.807, 2.05) is 45.9 Å². The van der Waals surface area contributed by atoms with Crippen molar-refractivity contribution in [2.75, 3.05) is 18.4 Å². The second-order valence-corrected chi connectivity index (χ2v) is 5.37. The Kier molecular flexibility index (Phi) is 5.55. The third-order valence-corrected chi connectivity index (χ3v) is 2.91. The Morgan fingerprint density at radius 1 is 1.25 bits per heavy atom. The molecule has 0 aliphatic carbocycles. The summed E-state index contributed by atoms with van der Waals surface area (Å²) in [6, 6.07) is 5.36. The summed E-state index contributed by atoms with van der Waals surface area (Å²) in [7, 11) is 0. The number of nitrogens with zero attached hydrogens (tertiary/aromatic N) is 1. The Labute approximate surface area is 119 Å². The topological polar surface area (TPSA) is 69.6 Å². The van der Waals surface area contributed by atoms with E-state index in [4.69, 9.17) is 5.11 Å². The highest BCUT2D eigenvalue weighted by atomic mass is 16.4. The van der Waals surface area contributed by atoms with E-state index in [1.165, 1.54) is 4.90 Å². The van der Waals surface area contributed by atoms with Crippen LogP contribution in [0.15, 0.2) is 18.2 Å². The van der Waals surface area contributed by atoms with Crippen molar-refractivity contribution in [1.82, 2.24) is 4.90 Å². The molecule has 1 aromatic rings. The first kappa shape index (κ1) is 16.0. The molecule has 2 N–H and O–H groups in total. The van der Waals surface area contributed by atoms with Gasteiger partial charge in [-0.3, -0.25) is 4.79 Å². The average Bonchev–Trinajstić information content (AvgIpc) is 2.31. The summed E-state index contributed by atoms with van der Waals surface area (Å²) in [6.07, 6.45) is 0. The number of benzene rings is 1. The Bertz CT molecular complexity index is 478. The molecule has 0 heterocycles. The third kappa shape index (κ3) is 4.57. The van der Waals surface area contributed by atoms with Gasteiger partial charge in [0.1, 0.15) is 6.54 Å². The minimum Gasteiger partial charge on any atom is -0.480 e. The number of aliphatic carboxylic acids is 1. The number of hydrogen-bond acceptors (Lipinski definition) is 2. The third-order valence-electron chi connectivity index (χ3n) is 2.91. The molecule has 110 valence electrons. The first-order valence-corrected chi connectivity index (χ1v) is 6.65. The molecule has 0 aliphatic heterocycles. The van der Waals surface area contributed by atoms with Gasteiger partial charge in [-0.05, 0) is 30.9 Å². The second-order valence-electron chi connectivity index (χ2n) is 5.37. The Balaban J connectivity index is 2.87. The highest BCUT2D eigenvalue weighted by Gasteiger charge is 2.19. The van der Waals surface area contributed by atoms with Crippen LogP contribution < -0.4 is 5.32 Å². The molecule has 0 aromatic heterocycles. The van der Waals surface area contributed by atoms with E-state index < -0.39 is 5.97 Å². The van der Waals surface area contributed by atoms with E-state index in [1.54, 1.807) is 0 Å². The van der Waals surface area contributed by atoms with Gasteiger partial charge in [0.05, 0.1) is 0 Å². The lowest BCUT2D eigenvalue weighted by molar-refractivity contribution is -0.137. The van der Waals surface area contributed by atoms with Crippen LogP contribution in [0.3, 0.4) is 0 Å². The van der Waals surface area contributed by atoms with Crippen LogP contribution in [0.4, 0.5) is 10.5 Å². The molecule has 0 unspecified atom stereocenters. The number of rotatable bonds is 5. The van der Waals surface area contributed by atoms with Crippen LogP contribution in [0, 0.1) is 19.8 Å². The monoisotopic (exact) mass is 278 g/mol. The number of carboxylic acid groups (broad SMARTS) is 1. The maximum Gasteiger partial charge on any atom is 0.323 e. The lowest BCUT2D eigenvalue weighted by Crippen LogP contribution is -2.41. The predicted molar refractivity (Wildman–Crippen MR) is 79.0 cm³/mol. The molecule has 0 fully saturated rings. The van der Waals surface area contributed by atoms with Crippen LogP contribution in [-0.4, -0.2) is 35.1 Å². The fourth-order valence-electron chi connectivity index (χ4n) is 2.02. The maximum atomic E-state index is 12.2. The highest BCUT2D eigenvalue weighted by Crippen LogP contribution is 2.20. The molecule has 5 nitrogen and oxygen atoms in total. The molecule has 1 rings (SSSR count). The standard InChI is InChI=1S/C15H22N2O3/c1-10(2)8-17(9-13(18)19)15(20)16-14-11(3)6-5-7-12(14)4/h5-7,10H,8-9H2,1-4H3,(H,16,20)(H,18,19). The van der Waals surface area contributed by atoms with Gasteiger partial charge in [-0.15, -0.1) is 0 Å². The van der Waals surface area contributed by atoms with Crippen LogP contribution in [0.1, 0.15) is 25.0 Å². The van der Waals surface area contributed by atoms with E-state index in [0.717, 1.165) is 16.8 Å². The summed E-state index contributed by atoms with van der Waals surface area (Å²) >= 11 is 0. The highest BCUT2D eigenvalue weighted by molar-refractivity contribution is 5.92. The minimum atomic E-state index is -1.01. The molecule has 0 spiro atoms. The fraction of sp³-hybridized carbons (Fsp3) is 0.467. The van der Waals surface area contributed by atoms with Gasteiger partial charge in [-0.2, -0.15) is 0 Å². The quantitative estimate of drug-likeness (QED) is 0.870. The smallest absolute Gasteiger partial charge is 0.323 e. The van der Waals surface area contributed by atoms with Gasteiger partial charge in [-0.25, -0.2) is 4.79 Å². The number of amides is 2. The molecule has 0 bridgehead atoms. The first-order valence-electron chi connectivity index (χ1n) is 6.65. The summed E-state index contributed by atoms with van der Waals surface area (Å²) in [5.74, 6) is -0.805. The molecule has 20 heavy (non-hydrogen) atoms. The molecule has 5 heteroatoms. The summed E-state index contributed by atoms with van der Waals surface area (Å²) in [6.45, 7) is 7.82. The van der Waals surface area contributed by atoms with E-state index in [9.17, 15) is 9.59 Å². The molecule has 0 aliphatic rings. The van der Waals surface area contributed by atoms with E-state index in [0.29, 0.717) is 6.54 Å². The SMILES string of the molecule is Cc1cccc(C)c1NC(=O)N(CC(=O)O)CC(C)C. The van der Waals surface area contributed by atoms with E-state index in [-0.39, 0.29) is 18.5 Å². The molecular weight excluding hydrogens is 256 g/mol. The van der Waals surface area contributed by atoms with Gasteiger partial charge < -0.3 is 15.3 Å². The number of carbonyl (C=O) groups excluding carboxylic acids is 1. The van der Waals surface area contributed by atoms with Gasteiger partial charge in [0.2, 0.25) is 0 Å². The van der Waals surface area contributed by atoms with Gasteiger partial charge in [0.25, 0.3) is 0 Å². The van der Waals surface area contributed by atoms with Crippen LogP contribution >= 0.6 is 0 Å². The zero-order valence-electron chi connectivity index (χ0n) is 12.4. The Morgan fingerprint density at radius 3 is 2.25 bits per heavy atom. The zero-order valence-corrected chi connectivity index (χ0v) is 12.4. The van der Waals surface area contributed by atoms with Crippen molar-refractivity contribution < 1.29 is 14.7 Å². The van der Waals surface area contributed by atoms with Gasteiger partial charge >= 0.3 is 12.0 Å². The summed E-state index contributed by atoms with van der Waals surface area (Å²) in [5.41, 5.74) is 2.66. The zero-order chi connectivity index (χ0) is 15.3. The number of nitrogens with one attached hydrogen (secondary N) is 1. The normalized spacial score (nSPS) is 10.4. The van der Waals surface area contributed by atoms with Gasteiger partial charge in [0.15, 0.2) is 0 Å². The van der Waals surface area contributed by atoms with Crippen LogP contribution in [0.5, 0.6) is 0 Å². The first-order chi connectivity index (χ1) is 9.31. The van der Waals surface area contributed by atoms with Gasteiger partial charge in [0, 0.05) is 12.2 Å². The molecule has 0 radical (unpaired) electrons. The van der Waals surface area contributed by atoms with Crippen molar-refractivity contribution in [3.63, 3.8) is 0 Å². The number of para-hydroxylation sites is 1. The maximum absolute atomic E-state index is 12.2. The van der Waals surface area contributed by atoms with Crippen LogP contribution in [0.25, 0.3) is 0 Å². The lowest BCUT2D eigenvalue weighted by atomic mass is 10.1. The number of carboxylic acids is 1. The molecular formula is C15H22N2O3. The molecule has 0 atom stereocenters. The number of aryl methyl sites for hydroxylation is 2. The summed E-state index contributed by atoms with van der Waals surface area (Å²) < 4.78 is 0. The summed E-state index contributed by atoms with van der Waals surface area (Å²) in [5, 5.41) is 11.7. The van der Waals surface area contributed by atoms with Crippen molar-refractivity contribution >= 4 is 17.7 Å². The lowest BCUT2D eigenvalue weighted by Gasteiger charge is -2.24. The summed E-state index contributed by atoms with van der Waals surface area (Å²) in [4.78, 5) is 24.4. The number of carbonyl (C=O) groups is 2. The molecule has 1 aromatic carbocycles. The number of anilines is 1. The second kappa shape index (κ2) is 6.93. The Morgan fingerprint density at radius 2 is 1.80 bits per heavy atom. The Hall–Kier alpha value is -2.04. The largest absolute Gasteiger partial charge is 0.480 e. The number of hydrogen-bond donors (Lipinski definition) is 2. The van der Waals surface area contributed by atoms with Crippen molar-refractivity contribution in [2.45, 2.75) is 27.7 Å². The van der Waals surface area contributed by atoms with Crippen LogP contribution in [0.2, 0.25) is 0 Å². The van der Waals surface area contributed by atoms with Crippen molar-refractivity contribution in [2.24, 2.45) is 5.92 Å². The fourth-order valence-corrected chi connectivity index (χ4v) is 2.02. The number of urea groups is 1.